The Morgan fingerprint density at radius 1 is 1.15 bits per heavy atom. The smallest absolute Gasteiger partial charge is 0.241 e. The lowest BCUT2D eigenvalue weighted by atomic mass is 9.85. The van der Waals surface area contributed by atoms with Crippen molar-refractivity contribution in [1.29, 1.82) is 5.26 Å². The quantitative estimate of drug-likeness (QED) is 0.632. The van der Waals surface area contributed by atoms with Crippen LogP contribution >= 0.6 is 11.6 Å². The average Bonchev–Trinajstić information content (AvgIpc) is 2.98. The number of aliphatic hydroxyl groups is 1. The Balaban J connectivity index is 1.48. The SMILES string of the molecule is CC1(C)C(=O)N(c2ccc(C#N)c(Cl)c2)c2ccc(-c3ncc(N4CC(CO)C4)cn3)cc21. The fraction of sp³-hybridized carbons (Fsp3) is 0.280. The minimum absolute atomic E-state index is 0.0667. The van der Waals surface area contributed by atoms with Crippen molar-refractivity contribution in [3.63, 3.8) is 0 Å². The van der Waals surface area contributed by atoms with E-state index in [1.165, 1.54) is 0 Å². The van der Waals surface area contributed by atoms with Gasteiger partial charge in [0.15, 0.2) is 5.82 Å². The highest BCUT2D eigenvalue weighted by Crippen LogP contribution is 2.47. The molecule has 0 bridgehead atoms. The number of halogens is 1. The van der Waals surface area contributed by atoms with Crippen LogP contribution in [0.15, 0.2) is 48.8 Å². The summed E-state index contributed by atoms with van der Waals surface area (Å²) in [6.45, 7) is 5.61. The monoisotopic (exact) mass is 459 g/mol. The van der Waals surface area contributed by atoms with Gasteiger partial charge in [-0.25, -0.2) is 9.97 Å². The van der Waals surface area contributed by atoms with Crippen LogP contribution in [0.3, 0.4) is 0 Å². The summed E-state index contributed by atoms with van der Waals surface area (Å²) in [5.74, 6) is 0.835. The van der Waals surface area contributed by atoms with E-state index in [9.17, 15) is 9.90 Å². The number of aromatic nitrogens is 2. The Labute approximate surface area is 196 Å². The lowest BCUT2D eigenvalue weighted by Gasteiger charge is -2.39. The molecule has 0 unspecified atom stereocenters. The number of carbonyl (C=O) groups excluding carboxylic acids is 1. The van der Waals surface area contributed by atoms with Gasteiger partial charge >= 0.3 is 0 Å². The van der Waals surface area contributed by atoms with Gasteiger partial charge in [-0.1, -0.05) is 11.6 Å². The zero-order valence-electron chi connectivity index (χ0n) is 18.3. The van der Waals surface area contributed by atoms with Gasteiger partial charge in [0.05, 0.1) is 45.5 Å². The van der Waals surface area contributed by atoms with Crippen LogP contribution < -0.4 is 9.80 Å². The highest BCUT2D eigenvalue weighted by Gasteiger charge is 2.44. The molecule has 8 heteroatoms. The lowest BCUT2D eigenvalue weighted by molar-refractivity contribution is -0.121. The molecule has 1 fully saturated rings. The molecule has 0 aliphatic carbocycles. The topological polar surface area (TPSA) is 93.4 Å². The van der Waals surface area contributed by atoms with Crippen LogP contribution in [0.1, 0.15) is 25.0 Å². The molecule has 0 radical (unpaired) electrons. The molecule has 1 N–H and O–H groups in total. The Bertz CT molecular complexity index is 1290. The molecule has 0 spiro atoms. The van der Waals surface area contributed by atoms with Gasteiger partial charge in [0.1, 0.15) is 6.07 Å². The van der Waals surface area contributed by atoms with Gasteiger partial charge in [0.2, 0.25) is 5.91 Å². The molecule has 166 valence electrons. The van der Waals surface area contributed by atoms with Gasteiger partial charge in [-0.3, -0.25) is 9.69 Å². The standard InChI is InChI=1S/C25H22ClN5O2/c1-25(2)20-7-16(23-28-10-19(11-29-23)30-12-15(13-30)14-32)4-6-22(20)31(24(25)33)18-5-3-17(9-27)21(26)8-18/h3-8,10-11,15,32H,12-14H2,1-2H3. The summed E-state index contributed by atoms with van der Waals surface area (Å²) in [6, 6.07) is 12.8. The first-order valence-corrected chi connectivity index (χ1v) is 11.1. The molecule has 2 aliphatic heterocycles. The summed E-state index contributed by atoms with van der Waals surface area (Å²) in [5.41, 5.74) is 3.67. The molecule has 3 heterocycles. The number of aliphatic hydroxyl groups excluding tert-OH is 1. The third kappa shape index (κ3) is 3.43. The molecule has 5 rings (SSSR count). The van der Waals surface area contributed by atoms with Crippen LogP contribution in [0.5, 0.6) is 0 Å². The number of hydrogen-bond donors (Lipinski definition) is 1. The molecule has 1 saturated heterocycles. The van der Waals surface area contributed by atoms with Crippen LogP contribution in [-0.4, -0.2) is 40.7 Å². The molecule has 7 nitrogen and oxygen atoms in total. The van der Waals surface area contributed by atoms with Crippen LogP contribution in [0.25, 0.3) is 11.4 Å². The van der Waals surface area contributed by atoms with Crippen LogP contribution in [-0.2, 0) is 10.2 Å². The fourth-order valence-electron chi connectivity index (χ4n) is 4.39. The van der Waals surface area contributed by atoms with Crippen LogP contribution in [0, 0.1) is 17.2 Å². The number of benzene rings is 2. The van der Waals surface area contributed by atoms with E-state index in [0.29, 0.717) is 28.0 Å². The first-order chi connectivity index (χ1) is 15.8. The number of carbonyl (C=O) groups is 1. The predicted octanol–water partition coefficient (Wildman–Crippen LogP) is 4.05. The van der Waals surface area contributed by atoms with Crippen LogP contribution in [0.4, 0.5) is 17.1 Å². The normalized spacial score (nSPS) is 17.0. The Hall–Kier alpha value is -3.47. The minimum atomic E-state index is -0.747. The van der Waals surface area contributed by atoms with Gasteiger partial charge in [0, 0.05) is 31.2 Å². The molecule has 2 aromatic carbocycles. The Kier molecular flexibility index (Phi) is 5.08. The van der Waals surface area contributed by atoms with E-state index < -0.39 is 5.41 Å². The highest BCUT2D eigenvalue weighted by atomic mass is 35.5. The average molecular weight is 460 g/mol. The number of nitrogens with zero attached hydrogens (tertiary/aromatic N) is 5. The highest BCUT2D eigenvalue weighted by molar-refractivity contribution is 6.32. The summed E-state index contributed by atoms with van der Waals surface area (Å²) in [7, 11) is 0. The number of rotatable bonds is 4. The number of fused-ring (bicyclic) bond motifs is 1. The first-order valence-electron chi connectivity index (χ1n) is 10.7. The van der Waals surface area contributed by atoms with E-state index in [1.54, 1.807) is 35.5 Å². The summed E-state index contributed by atoms with van der Waals surface area (Å²) in [6.07, 6.45) is 3.59. The molecular formula is C25H22ClN5O2. The maximum atomic E-state index is 13.4. The first kappa shape index (κ1) is 21.4. The second-order valence-corrected chi connectivity index (χ2v) is 9.40. The van der Waals surface area contributed by atoms with Crippen molar-refractivity contribution in [2.24, 2.45) is 5.92 Å². The third-order valence-corrected chi connectivity index (χ3v) is 6.77. The zero-order chi connectivity index (χ0) is 23.3. The molecule has 0 saturated carbocycles. The van der Waals surface area contributed by atoms with Crippen LogP contribution in [0.2, 0.25) is 5.02 Å². The predicted molar refractivity (Wildman–Crippen MR) is 127 cm³/mol. The van der Waals surface area contributed by atoms with E-state index in [-0.39, 0.29) is 12.5 Å². The molecule has 2 aliphatic rings. The van der Waals surface area contributed by atoms with E-state index >= 15 is 0 Å². The number of hydrogen-bond acceptors (Lipinski definition) is 6. The van der Waals surface area contributed by atoms with Crippen molar-refractivity contribution in [3.05, 3.63) is 64.9 Å². The third-order valence-electron chi connectivity index (χ3n) is 6.46. The van der Waals surface area contributed by atoms with Crippen molar-refractivity contribution >= 4 is 34.6 Å². The van der Waals surface area contributed by atoms with E-state index in [0.717, 1.165) is 35.6 Å². The van der Waals surface area contributed by atoms with Crippen molar-refractivity contribution in [2.75, 3.05) is 29.5 Å². The zero-order valence-corrected chi connectivity index (χ0v) is 19.0. The summed E-state index contributed by atoms with van der Waals surface area (Å²) in [4.78, 5) is 26.2. The number of amides is 1. The van der Waals surface area contributed by atoms with E-state index in [2.05, 4.69) is 14.9 Å². The van der Waals surface area contributed by atoms with E-state index in [1.807, 2.05) is 38.1 Å². The molecule has 0 atom stereocenters. The molecule has 1 aromatic heterocycles. The number of anilines is 3. The van der Waals surface area contributed by atoms with Crippen molar-refractivity contribution < 1.29 is 9.90 Å². The van der Waals surface area contributed by atoms with E-state index in [4.69, 9.17) is 16.9 Å². The van der Waals surface area contributed by atoms with Gasteiger partial charge in [0.25, 0.3) is 0 Å². The van der Waals surface area contributed by atoms with Gasteiger partial charge in [-0.05, 0) is 55.8 Å². The fourth-order valence-corrected chi connectivity index (χ4v) is 4.61. The summed E-state index contributed by atoms with van der Waals surface area (Å²) < 4.78 is 0. The van der Waals surface area contributed by atoms with Crippen molar-refractivity contribution in [1.82, 2.24) is 9.97 Å². The van der Waals surface area contributed by atoms with Gasteiger partial charge in [-0.15, -0.1) is 0 Å². The Morgan fingerprint density at radius 2 is 1.88 bits per heavy atom. The summed E-state index contributed by atoms with van der Waals surface area (Å²) in [5, 5.41) is 18.7. The lowest BCUT2D eigenvalue weighted by Crippen LogP contribution is -2.48. The molecular weight excluding hydrogens is 438 g/mol. The Morgan fingerprint density at radius 3 is 2.52 bits per heavy atom. The second kappa shape index (κ2) is 7.84. The largest absolute Gasteiger partial charge is 0.396 e. The minimum Gasteiger partial charge on any atom is -0.396 e. The second-order valence-electron chi connectivity index (χ2n) is 8.99. The maximum absolute atomic E-state index is 13.4. The summed E-state index contributed by atoms with van der Waals surface area (Å²) >= 11 is 6.23. The van der Waals surface area contributed by atoms with Gasteiger partial charge < -0.3 is 10.0 Å². The number of nitriles is 1. The van der Waals surface area contributed by atoms with Crippen molar-refractivity contribution in [3.8, 4) is 17.5 Å². The maximum Gasteiger partial charge on any atom is 0.241 e. The van der Waals surface area contributed by atoms with Crippen molar-refractivity contribution in [2.45, 2.75) is 19.3 Å². The van der Waals surface area contributed by atoms with Gasteiger partial charge in [-0.2, -0.15) is 5.26 Å². The molecule has 33 heavy (non-hydrogen) atoms. The molecule has 3 aromatic rings. The molecule has 1 amide bonds.